The molecule has 0 aromatic carbocycles. The van der Waals surface area contributed by atoms with Gasteiger partial charge in [-0.1, -0.05) is 26.5 Å². The van der Waals surface area contributed by atoms with Gasteiger partial charge in [0.15, 0.2) is 0 Å². The van der Waals surface area contributed by atoms with E-state index in [1.807, 2.05) is 13.8 Å². The van der Waals surface area contributed by atoms with Crippen LogP contribution in [0.2, 0.25) is 0 Å². The van der Waals surface area contributed by atoms with Gasteiger partial charge in [0, 0.05) is 0 Å². The van der Waals surface area contributed by atoms with Gasteiger partial charge < -0.3 is 4.74 Å². The van der Waals surface area contributed by atoms with Gasteiger partial charge in [-0.05, 0) is 5.92 Å². The molecular weight excluding hydrogens is 116 g/mol. The lowest BCUT2D eigenvalue weighted by atomic mass is 10.1. The van der Waals surface area contributed by atoms with Crippen LogP contribution in [0.3, 0.4) is 0 Å². The summed E-state index contributed by atoms with van der Waals surface area (Å²) in [5, 5.41) is 0. The zero-order valence-corrected chi connectivity index (χ0v) is 5.83. The quantitative estimate of drug-likeness (QED) is 0.422. The highest BCUT2D eigenvalue weighted by Gasteiger charge is 2.07. The first kappa shape index (κ1) is 8.21. The first-order chi connectivity index (χ1) is 4.22. The molecule has 0 heterocycles. The summed E-state index contributed by atoms with van der Waals surface area (Å²) in [5.74, 6) is 0.313. The van der Waals surface area contributed by atoms with Crippen LogP contribution in [0, 0.1) is 5.92 Å². The third kappa shape index (κ3) is 2.90. The second kappa shape index (κ2) is 4.13. The molecule has 0 aliphatic rings. The van der Waals surface area contributed by atoms with Gasteiger partial charge in [0.1, 0.15) is 6.10 Å². The topological polar surface area (TPSA) is 26.3 Å². The highest BCUT2D eigenvalue weighted by Crippen LogP contribution is 2.04. The Hall–Kier alpha value is -0.790. The number of hydrogen-bond acceptors (Lipinski definition) is 2. The van der Waals surface area contributed by atoms with Crippen LogP contribution in [0.5, 0.6) is 0 Å². The minimum absolute atomic E-state index is 0.137. The highest BCUT2D eigenvalue weighted by molar-refractivity contribution is 5.38. The maximum atomic E-state index is 9.81. The Labute approximate surface area is 55.5 Å². The molecule has 0 aromatic rings. The van der Waals surface area contributed by atoms with Crippen LogP contribution in [0.25, 0.3) is 0 Å². The van der Waals surface area contributed by atoms with Crippen LogP contribution in [-0.4, -0.2) is 12.6 Å². The smallest absolute Gasteiger partial charge is 0.293 e. The average Bonchev–Trinajstić information content (AvgIpc) is 1.82. The van der Waals surface area contributed by atoms with Crippen molar-refractivity contribution in [3.63, 3.8) is 0 Å². The standard InChI is InChI=1S/C7H12O2/c1-4-7(6(2)3)9-5-8/h4-7H,1H2,2-3H3. The van der Waals surface area contributed by atoms with E-state index < -0.39 is 0 Å². The Bertz CT molecular complexity index is 97.1. The molecule has 0 aliphatic heterocycles. The molecule has 0 rings (SSSR count). The zero-order valence-electron chi connectivity index (χ0n) is 5.83. The van der Waals surface area contributed by atoms with Gasteiger partial charge in [0.05, 0.1) is 0 Å². The summed E-state index contributed by atoms with van der Waals surface area (Å²) in [6, 6.07) is 0. The normalized spacial score (nSPS) is 12.8. The molecule has 0 bridgehead atoms. The van der Waals surface area contributed by atoms with Crippen molar-refractivity contribution in [1.29, 1.82) is 0 Å². The van der Waals surface area contributed by atoms with E-state index in [2.05, 4.69) is 11.3 Å². The van der Waals surface area contributed by atoms with Gasteiger partial charge in [-0.2, -0.15) is 0 Å². The van der Waals surface area contributed by atoms with E-state index in [0.717, 1.165) is 0 Å². The van der Waals surface area contributed by atoms with Crippen molar-refractivity contribution in [2.45, 2.75) is 20.0 Å². The lowest BCUT2D eigenvalue weighted by molar-refractivity contribution is -0.133. The molecule has 0 radical (unpaired) electrons. The third-order valence-electron chi connectivity index (χ3n) is 1.10. The maximum Gasteiger partial charge on any atom is 0.293 e. The van der Waals surface area contributed by atoms with E-state index >= 15 is 0 Å². The average molecular weight is 128 g/mol. The Kier molecular flexibility index (Phi) is 3.76. The number of hydrogen-bond donors (Lipinski definition) is 0. The van der Waals surface area contributed by atoms with Crippen molar-refractivity contribution in [3.05, 3.63) is 12.7 Å². The van der Waals surface area contributed by atoms with Crippen molar-refractivity contribution >= 4 is 6.47 Å². The molecule has 2 nitrogen and oxygen atoms in total. The summed E-state index contributed by atoms with van der Waals surface area (Å²) in [6.45, 7) is 7.90. The van der Waals surface area contributed by atoms with E-state index in [1.54, 1.807) is 6.08 Å². The molecule has 0 aliphatic carbocycles. The number of ether oxygens (including phenoxy) is 1. The summed E-state index contributed by atoms with van der Waals surface area (Å²) >= 11 is 0. The van der Waals surface area contributed by atoms with Crippen molar-refractivity contribution < 1.29 is 9.53 Å². The summed E-state index contributed by atoms with van der Waals surface area (Å²) < 4.78 is 4.65. The predicted octanol–water partition coefficient (Wildman–Crippen LogP) is 1.37. The second-order valence-corrected chi connectivity index (χ2v) is 2.18. The molecule has 52 valence electrons. The van der Waals surface area contributed by atoms with Crippen molar-refractivity contribution in [3.8, 4) is 0 Å². The first-order valence-corrected chi connectivity index (χ1v) is 2.94. The molecule has 2 heteroatoms. The first-order valence-electron chi connectivity index (χ1n) is 2.94. The van der Waals surface area contributed by atoms with Crippen LogP contribution >= 0.6 is 0 Å². The fourth-order valence-corrected chi connectivity index (χ4v) is 0.549. The van der Waals surface area contributed by atoms with Crippen molar-refractivity contribution in [2.24, 2.45) is 5.92 Å². The molecule has 9 heavy (non-hydrogen) atoms. The van der Waals surface area contributed by atoms with Crippen LogP contribution in [-0.2, 0) is 9.53 Å². The molecule has 0 saturated heterocycles. The molecule has 0 N–H and O–H groups in total. The maximum absolute atomic E-state index is 9.81. The molecule has 0 saturated carbocycles. The SMILES string of the molecule is C=CC(OC=O)C(C)C. The fourth-order valence-electron chi connectivity index (χ4n) is 0.549. The van der Waals surface area contributed by atoms with Gasteiger partial charge in [-0.3, -0.25) is 4.79 Å². The van der Waals surface area contributed by atoms with Gasteiger partial charge >= 0.3 is 0 Å². The third-order valence-corrected chi connectivity index (χ3v) is 1.10. The largest absolute Gasteiger partial charge is 0.460 e. The lowest BCUT2D eigenvalue weighted by Crippen LogP contribution is -2.15. The molecule has 0 aromatic heterocycles. The highest BCUT2D eigenvalue weighted by atomic mass is 16.5. The Balaban J connectivity index is 3.66. The lowest BCUT2D eigenvalue weighted by Gasteiger charge is -2.12. The molecule has 0 fully saturated rings. The zero-order chi connectivity index (χ0) is 7.28. The minimum Gasteiger partial charge on any atom is -0.460 e. The molecule has 0 spiro atoms. The van der Waals surface area contributed by atoms with E-state index in [1.165, 1.54) is 0 Å². The van der Waals surface area contributed by atoms with Crippen molar-refractivity contribution in [1.82, 2.24) is 0 Å². The van der Waals surface area contributed by atoms with E-state index in [-0.39, 0.29) is 6.10 Å². The summed E-state index contributed by atoms with van der Waals surface area (Å²) in [6.07, 6.45) is 1.49. The van der Waals surface area contributed by atoms with Crippen LogP contribution in [0.4, 0.5) is 0 Å². The minimum atomic E-state index is -0.137. The van der Waals surface area contributed by atoms with Crippen LogP contribution in [0.1, 0.15) is 13.8 Å². The number of carbonyl (C=O) groups is 1. The summed E-state index contributed by atoms with van der Waals surface area (Å²) in [4.78, 5) is 9.81. The number of carbonyl (C=O) groups excluding carboxylic acids is 1. The molecule has 1 unspecified atom stereocenters. The summed E-state index contributed by atoms with van der Waals surface area (Å²) in [7, 11) is 0. The Morgan fingerprint density at radius 1 is 1.56 bits per heavy atom. The Morgan fingerprint density at radius 2 is 2.11 bits per heavy atom. The Morgan fingerprint density at radius 3 is 2.22 bits per heavy atom. The van der Waals surface area contributed by atoms with E-state index in [9.17, 15) is 4.79 Å². The molecule has 1 atom stereocenters. The summed E-state index contributed by atoms with van der Waals surface area (Å²) in [5.41, 5.74) is 0. The predicted molar refractivity (Wildman–Crippen MR) is 36.0 cm³/mol. The van der Waals surface area contributed by atoms with Crippen molar-refractivity contribution in [2.75, 3.05) is 0 Å². The fraction of sp³-hybridized carbons (Fsp3) is 0.571. The molecular formula is C7H12O2. The second-order valence-electron chi connectivity index (χ2n) is 2.18. The monoisotopic (exact) mass is 128 g/mol. The van der Waals surface area contributed by atoms with Gasteiger partial charge in [-0.15, -0.1) is 0 Å². The van der Waals surface area contributed by atoms with Crippen LogP contribution in [0.15, 0.2) is 12.7 Å². The van der Waals surface area contributed by atoms with Gasteiger partial charge in [0.2, 0.25) is 0 Å². The van der Waals surface area contributed by atoms with Gasteiger partial charge in [-0.25, -0.2) is 0 Å². The number of rotatable bonds is 4. The van der Waals surface area contributed by atoms with E-state index in [0.29, 0.717) is 12.4 Å². The van der Waals surface area contributed by atoms with E-state index in [4.69, 9.17) is 0 Å². The van der Waals surface area contributed by atoms with Crippen LogP contribution < -0.4 is 0 Å². The van der Waals surface area contributed by atoms with Gasteiger partial charge in [0.25, 0.3) is 6.47 Å². The molecule has 0 amide bonds.